The highest BCUT2D eigenvalue weighted by Gasteiger charge is 2.11. The minimum atomic E-state index is -0.309. The van der Waals surface area contributed by atoms with E-state index < -0.39 is 0 Å². The SMILES string of the molecule is CCc1ccc(C(C)Nc2ccccc2CC(N)=O)s1. The van der Waals surface area contributed by atoms with Crippen LogP contribution >= 0.6 is 11.3 Å². The van der Waals surface area contributed by atoms with Gasteiger partial charge in [0.25, 0.3) is 0 Å². The van der Waals surface area contributed by atoms with Crippen LogP contribution in [-0.4, -0.2) is 5.91 Å². The van der Waals surface area contributed by atoms with E-state index in [0.717, 1.165) is 17.7 Å². The van der Waals surface area contributed by atoms with Gasteiger partial charge in [-0.3, -0.25) is 4.79 Å². The molecule has 2 aromatic rings. The lowest BCUT2D eigenvalue weighted by Gasteiger charge is -2.16. The highest BCUT2D eigenvalue weighted by atomic mass is 32.1. The number of hydrogen-bond donors (Lipinski definition) is 2. The Labute approximate surface area is 123 Å². The van der Waals surface area contributed by atoms with E-state index in [-0.39, 0.29) is 18.4 Å². The molecule has 20 heavy (non-hydrogen) atoms. The van der Waals surface area contributed by atoms with E-state index in [2.05, 4.69) is 31.3 Å². The fourth-order valence-electron chi connectivity index (χ4n) is 2.12. The number of amides is 1. The van der Waals surface area contributed by atoms with Crippen molar-refractivity contribution >= 4 is 22.9 Å². The van der Waals surface area contributed by atoms with Crippen LogP contribution in [0.3, 0.4) is 0 Å². The zero-order valence-corrected chi connectivity index (χ0v) is 12.7. The number of aryl methyl sites for hydroxylation is 1. The monoisotopic (exact) mass is 288 g/mol. The predicted octanol–water partition coefficient (Wildman–Crippen LogP) is 3.51. The number of benzene rings is 1. The van der Waals surface area contributed by atoms with Gasteiger partial charge in [0.1, 0.15) is 0 Å². The Balaban J connectivity index is 2.14. The van der Waals surface area contributed by atoms with Gasteiger partial charge in [-0.25, -0.2) is 0 Å². The Morgan fingerprint density at radius 2 is 2.05 bits per heavy atom. The molecule has 3 nitrogen and oxygen atoms in total. The molecular weight excluding hydrogens is 268 g/mol. The fourth-order valence-corrected chi connectivity index (χ4v) is 3.08. The van der Waals surface area contributed by atoms with Crippen molar-refractivity contribution in [3.8, 4) is 0 Å². The molecule has 0 bridgehead atoms. The number of nitrogens with one attached hydrogen (secondary N) is 1. The molecule has 1 heterocycles. The summed E-state index contributed by atoms with van der Waals surface area (Å²) in [6.07, 6.45) is 1.33. The molecule has 0 saturated carbocycles. The first kappa shape index (κ1) is 14.6. The Morgan fingerprint density at radius 3 is 2.70 bits per heavy atom. The molecule has 0 aliphatic heterocycles. The molecule has 4 heteroatoms. The van der Waals surface area contributed by atoms with Gasteiger partial charge < -0.3 is 11.1 Å². The second kappa shape index (κ2) is 6.57. The lowest BCUT2D eigenvalue weighted by Crippen LogP contribution is -2.15. The van der Waals surface area contributed by atoms with Gasteiger partial charge in [-0.15, -0.1) is 11.3 Å². The normalized spacial score (nSPS) is 12.1. The number of thiophene rings is 1. The minimum Gasteiger partial charge on any atom is -0.377 e. The summed E-state index contributed by atoms with van der Waals surface area (Å²) in [6.45, 7) is 4.29. The smallest absolute Gasteiger partial charge is 0.221 e. The molecule has 3 N–H and O–H groups in total. The van der Waals surface area contributed by atoms with Crippen molar-refractivity contribution in [1.82, 2.24) is 0 Å². The number of anilines is 1. The van der Waals surface area contributed by atoms with Crippen molar-refractivity contribution in [1.29, 1.82) is 0 Å². The van der Waals surface area contributed by atoms with E-state index in [1.807, 2.05) is 35.6 Å². The van der Waals surface area contributed by atoms with Crippen LogP contribution in [0.15, 0.2) is 36.4 Å². The van der Waals surface area contributed by atoms with Gasteiger partial charge in [-0.05, 0) is 37.1 Å². The molecule has 1 atom stereocenters. The summed E-state index contributed by atoms with van der Waals surface area (Å²) >= 11 is 1.83. The zero-order chi connectivity index (χ0) is 14.5. The second-order valence-electron chi connectivity index (χ2n) is 4.82. The van der Waals surface area contributed by atoms with Crippen LogP contribution in [-0.2, 0) is 17.6 Å². The lowest BCUT2D eigenvalue weighted by molar-refractivity contribution is -0.117. The minimum absolute atomic E-state index is 0.217. The maximum Gasteiger partial charge on any atom is 0.221 e. The third-order valence-electron chi connectivity index (χ3n) is 3.21. The predicted molar refractivity (Wildman–Crippen MR) is 85.1 cm³/mol. The number of hydrogen-bond acceptors (Lipinski definition) is 3. The zero-order valence-electron chi connectivity index (χ0n) is 11.8. The molecule has 1 unspecified atom stereocenters. The second-order valence-corrected chi connectivity index (χ2v) is 6.02. The van der Waals surface area contributed by atoms with Crippen molar-refractivity contribution in [2.75, 3.05) is 5.32 Å². The Bertz CT molecular complexity index is 592. The Kier molecular flexibility index (Phi) is 4.79. The summed E-state index contributed by atoms with van der Waals surface area (Å²) in [5, 5.41) is 3.47. The summed E-state index contributed by atoms with van der Waals surface area (Å²) in [6, 6.07) is 12.4. The van der Waals surface area contributed by atoms with Crippen LogP contribution in [0.4, 0.5) is 5.69 Å². The summed E-state index contributed by atoms with van der Waals surface area (Å²) in [7, 11) is 0. The van der Waals surface area contributed by atoms with Crippen LogP contribution in [0.5, 0.6) is 0 Å². The molecule has 1 aromatic heterocycles. The summed E-state index contributed by atoms with van der Waals surface area (Å²) in [4.78, 5) is 13.8. The van der Waals surface area contributed by atoms with Crippen molar-refractivity contribution < 1.29 is 4.79 Å². The molecule has 0 saturated heterocycles. The van der Waals surface area contributed by atoms with Gasteiger partial charge in [-0.1, -0.05) is 25.1 Å². The van der Waals surface area contributed by atoms with Crippen LogP contribution in [0.25, 0.3) is 0 Å². The van der Waals surface area contributed by atoms with Crippen LogP contribution in [0.1, 0.15) is 35.2 Å². The van der Waals surface area contributed by atoms with E-state index in [1.54, 1.807) is 0 Å². The topological polar surface area (TPSA) is 55.1 Å². The molecule has 0 aliphatic rings. The summed E-state index contributed by atoms with van der Waals surface area (Å²) in [5.41, 5.74) is 7.21. The average molecular weight is 288 g/mol. The number of primary amides is 1. The Hall–Kier alpha value is -1.81. The molecule has 0 radical (unpaired) electrons. The average Bonchev–Trinajstić information content (AvgIpc) is 2.89. The van der Waals surface area contributed by atoms with Crippen molar-refractivity contribution in [2.45, 2.75) is 32.7 Å². The number of nitrogens with two attached hydrogens (primary N) is 1. The molecule has 2 rings (SSSR count). The van der Waals surface area contributed by atoms with Crippen molar-refractivity contribution in [3.05, 3.63) is 51.7 Å². The number of carbonyl (C=O) groups excluding carboxylic acids is 1. The van der Waals surface area contributed by atoms with Crippen LogP contribution in [0.2, 0.25) is 0 Å². The molecular formula is C16H20N2OS. The van der Waals surface area contributed by atoms with E-state index in [0.29, 0.717) is 0 Å². The largest absolute Gasteiger partial charge is 0.377 e. The number of carbonyl (C=O) groups is 1. The number of rotatable bonds is 6. The lowest BCUT2D eigenvalue weighted by atomic mass is 10.1. The van der Waals surface area contributed by atoms with Gasteiger partial charge in [0.15, 0.2) is 0 Å². The standard InChI is InChI=1S/C16H20N2OS/c1-3-13-8-9-15(20-13)11(2)18-14-7-5-4-6-12(14)10-16(17)19/h4-9,11,18H,3,10H2,1-2H3,(H2,17,19). The van der Waals surface area contributed by atoms with Crippen molar-refractivity contribution in [2.24, 2.45) is 5.73 Å². The first-order valence-electron chi connectivity index (χ1n) is 6.81. The molecule has 0 spiro atoms. The van der Waals surface area contributed by atoms with E-state index >= 15 is 0 Å². The van der Waals surface area contributed by atoms with Gasteiger partial charge in [-0.2, -0.15) is 0 Å². The highest BCUT2D eigenvalue weighted by Crippen LogP contribution is 2.28. The van der Waals surface area contributed by atoms with E-state index in [1.165, 1.54) is 9.75 Å². The van der Waals surface area contributed by atoms with Crippen LogP contribution < -0.4 is 11.1 Å². The quantitative estimate of drug-likeness (QED) is 0.854. The molecule has 106 valence electrons. The summed E-state index contributed by atoms with van der Waals surface area (Å²) < 4.78 is 0. The summed E-state index contributed by atoms with van der Waals surface area (Å²) in [5.74, 6) is -0.309. The van der Waals surface area contributed by atoms with E-state index in [4.69, 9.17) is 5.73 Å². The van der Waals surface area contributed by atoms with Gasteiger partial charge in [0.2, 0.25) is 5.91 Å². The van der Waals surface area contributed by atoms with Gasteiger partial charge in [0, 0.05) is 15.4 Å². The molecule has 1 amide bonds. The third kappa shape index (κ3) is 3.61. The maximum absolute atomic E-state index is 11.1. The highest BCUT2D eigenvalue weighted by molar-refractivity contribution is 7.12. The molecule has 1 aromatic carbocycles. The first-order valence-corrected chi connectivity index (χ1v) is 7.63. The molecule has 0 fully saturated rings. The van der Waals surface area contributed by atoms with Gasteiger partial charge in [0.05, 0.1) is 12.5 Å². The third-order valence-corrected chi connectivity index (χ3v) is 4.62. The first-order chi connectivity index (χ1) is 9.60. The molecule has 0 aliphatic carbocycles. The fraction of sp³-hybridized carbons (Fsp3) is 0.312. The van der Waals surface area contributed by atoms with Crippen molar-refractivity contribution in [3.63, 3.8) is 0 Å². The van der Waals surface area contributed by atoms with E-state index in [9.17, 15) is 4.79 Å². The number of para-hydroxylation sites is 1. The van der Waals surface area contributed by atoms with Crippen LogP contribution in [0, 0.1) is 0 Å². The maximum atomic E-state index is 11.1. The Morgan fingerprint density at radius 1 is 1.30 bits per heavy atom. The van der Waals surface area contributed by atoms with Gasteiger partial charge >= 0.3 is 0 Å².